The van der Waals surface area contributed by atoms with Crippen molar-refractivity contribution in [2.45, 2.75) is 44.7 Å². The van der Waals surface area contributed by atoms with E-state index in [1.54, 1.807) is 29.2 Å². The lowest BCUT2D eigenvalue weighted by Crippen LogP contribution is -2.51. The van der Waals surface area contributed by atoms with Crippen LogP contribution in [-0.4, -0.2) is 63.3 Å². The molecule has 6 nitrogen and oxygen atoms in total. The van der Waals surface area contributed by atoms with Crippen molar-refractivity contribution in [3.8, 4) is 11.3 Å². The fourth-order valence-corrected chi connectivity index (χ4v) is 4.31. The molecule has 27 heavy (non-hydrogen) atoms. The summed E-state index contributed by atoms with van der Waals surface area (Å²) in [6, 6.07) is 8.04. The summed E-state index contributed by atoms with van der Waals surface area (Å²) in [5.74, 6) is 0. The summed E-state index contributed by atoms with van der Waals surface area (Å²) in [6.07, 6.45) is 10.5. The van der Waals surface area contributed by atoms with E-state index in [0.717, 1.165) is 50.0 Å². The first-order chi connectivity index (χ1) is 13.3. The number of pyridine rings is 1. The van der Waals surface area contributed by atoms with Gasteiger partial charge in [-0.2, -0.15) is 5.10 Å². The molecule has 0 atom stereocenters. The minimum absolute atomic E-state index is 0.0384. The van der Waals surface area contributed by atoms with Gasteiger partial charge in [0, 0.05) is 62.8 Å². The van der Waals surface area contributed by atoms with E-state index in [1.807, 2.05) is 12.1 Å². The highest BCUT2D eigenvalue weighted by Gasteiger charge is 2.24. The molecule has 2 aliphatic rings. The van der Waals surface area contributed by atoms with Gasteiger partial charge in [0.2, 0.25) is 0 Å². The molecule has 2 fully saturated rings. The van der Waals surface area contributed by atoms with Crippen molar-refractivity contribution < 1.29 is 0 Å². The average molecular weight is 367 g/mol. The second-order valence-corrected chi connectivity index (χ2v) is 7.69. The maximum atomic E-state index is 12.2. The number of piperazine rings is 1. The largest absolute Gasteiger partial charge is 0.299 e. The van der Waals surface area contributed by atoms with E-state index in [2.05, 4.69) is 19.9 Å². The van der Waals surface area contributed by atoms with Crippen LogP contribution in [0.4, 0.5) is 0 Å². The molecular weight excluding hydrogens is 338 g/mol. The van der Waals surface area contributed by atoms with Crippen molar-refractivity contribution in [1.29, 1.82) is 0 Å². The molecule has 144 valence electrons. The van der Waals surface area contributed by atoms with Crippen LogP contribution in [0.3, 0.4) is 0 Å². The molecule has 0 bridgehead atoms. The van der Waals surface area contributed by atoms with Crippen LogP contribution in [0, 0.1) is 0 Å². The molecule has 1 aliphatic heterocycles. The molecule has 0 spiro atoms. The van der Waals surface area contributed by atoms with Crippen molar-refractivity contribution in [3.63, 3.8) is 0 Å². The Balaban J connectivity index is 1.32. The lowest BCUT2D eigenvalue weighted by atomic mass is 9.94. The summed E-state index contributed by atoms with van der Waals surface area (Å²) in [7, 11) is 0. The molecule has 0 unspecified atom stereocenters. The predicted molar refractivity (Wildman–Crippen MR) is 107 cm³/mol. The normalized spacial score (nSPS) is 20.0. The van der Waals surface area contributed by atoms with Crippen molar-refractivity contribution >= 4 is 0 Å². The fraction of sp³-hybridized carbons (Fsp3) is 0.571. The Bertz CT molecular complexity index is 777. The Kier molecular flexibility index (Phi) is 5.94. The van der Waals surface area contributed by atoms with Crippen LogP contribution in [0.5, 0.6) is 0 Å². The predicted octanol–water partition coefficient (Wildman–Crippen LogP) is 2.26. The van der Waals surface area contributed by atoms with E-state index in [9.17, 15) is 4.79 Å². The Morgan fingerprint density at radius 3 is 2.52 bits per heavy atom. The van der Waals surface area contributed by atoms with Gasteiger partial charge in [0.05, 0.1) is 12.2 Å². The molecule has 0 aromatic carbocycles. The van der Waals surface area contributed by atoms with Crippen LogP contribution in [-0.2, 0) is 6.54 Å². The van der Waals surface area contributed by atoms with Gasteiger partial charge in [0.1, 0.15) is 0 Å². The number of aromatic nitrogens is 3. The average Bonchev–Trinajstić information content (AvgIpc) is 2.75. The second kappa shape index (κ2) is 8.76. The third-order valence-corrected chi connectivity index (χ3v) is 5.95. The maximum Gasteiger partial charge on any atom is 0.266 e. The highest BCUT2D eigenvalue weighted by Crippen LogP contribution is 2.23. The fourth-order valence-electron chi connectivity index (χ4n) is 4.31. The summed E-state index contributed by atoms with van der Waals surface area (Å²) in [4.78, 5) is 21.5. The minimum atomic E-state index is -0.0384. The highest BCUT2D eigenvalue weighted by atomic mass is 16.1. The molecule has 1 saturated heterocycles. The van der Waals surface area contributed by atoms with E-state index in [0.29, 0.717) is 6.54 Å². The van der Waals surface area contributed by atoms with Gasteiger partial charge in [-0.15, -0.1) is 0 Å². The van der Waals surface area contributed by atoms with Gasteiger partial charge >= 0.3 is 0 Å². The summed E-state index contributed by atoms with van der Waals surface area (Å²) in [5.41, 5.74) is 1.70. The van der Waals surface area contributed by atoms with Gasteiger partial charge in [0.15, 0.2) is 0 Å². The van der Waals surface area contributed by atoms with Crippen LogP contribution in [0.1, 0.15) is 32.1 Å². The first-order valence-corrected chi connectivity index (χ1v) is 10.2. The summed E-state index contributed by atoms with van der Waals surface area (Å²) < 4.78 is 1.59. The molecule has 1 aliphatic carbocycles. The second-order valence-electron chi connectivity index (χ2n) is 7.69. The molecule has 2 aromatic heterocycles. The molecule has 0 amide bonds. The zero-order valence-corrected chi connectivity index (χ0v) is 16.0. The molecule has 0 N–H and O–H groups in total. The molecule has 0 radical (unpaired) electrons. The third-order valence-electron chi connectivity index (χ3n) is 5.95. The van der Waals surface area contributed by atoms with Crippen molar-refractivity contribution in [1.82, 2.24) is 24.6 Å². The van der Waals surface area contributed by atoms with Crippen LogP contribution < -0.4 is 5.56 Å². The van der Waals surface area contributed by atoms with E-state index in [1.165, 1.54) is 32.1 Å². The lowest BCUT2D eigenvalue weighted by molar-refractivity contribution is 0.0766. The lowest BCUT2D eigenvalue weighted by Gasteiger charge is -2.40. The number of rotatable bonds is 5. The Morgan fingerprint density at radius 1 is 0.963 bits per heavy atom. The van der Waals surface area contributed by atoms with Gasteiger partial charge in [-0.05, 0) is 31.0 Å². The monoisotopic (exact) mass is 367 g/mol. The first-order valence-electron chi connectivity index (χ1n) is 10.2. The number of hydrogen-bond donors (Lipinski definition) is 0. The Labute approximate surface area is 160 Å². The van der Waals surface area contributed by atoms with Crippen LogP contribution in [0.2, 0.25) is 0 Å². The van der Waals surface area contributed by atoms with E-state index >= 15 is 0 Å². The maximum absolute atomic E-state index is 12.2. The molecular formula is C21H29N5O. The Morgan fingerprint density at radius 2 is 1.78 bits per heavy atom. The summed E-state index contributed by atoms with van der Waals surface area (Å²) in [6.45, 7) is 6.00. The van der Waals surface area contributed by atoms with Gasteiger partial charge < -0.3 is 0 Å². The third kappa shape index (κ3) is 4.62. The molecule has 2 aromatic rings. The van der Waals surface area contributed by atoms with Crippen LogP contribution >= 0.6 is 0 Å². The minimum Gasteiger partial charge on any atom is -0.299 e. The zero-order chi connectivity index (χ0) is 18.5. The highest BCUT2D eigenvalue weighted by molar-refractivity contribution is 5.56. The summed E-state index contributed by atoms with van der Waals surface area (Å²) in [5, 5.41) is 4.54. The van der Waals surface area contributed by atoms with Gasteiger partial charge in [-0.1, -0.05) is 19.3 Å². The molecule has 4 rings (SSSR count). The smallest absolute Gasteiger partial charge is 0.266 e. The van der Waals surface area contributed by atoms with Crippen molar-refractivity contribution in [2.75, 3.05) is 32.7 Å². The van der Waals surface area contributed by atoms with Crippen molar-refractivity contribution in [2.24, 2.45) is 0 Å². The quantitative estimate of drug-likeness (QED) is 0.811. The summed E-state index contributed by atoms with van der Waals surface area (Å²) >= 11 is 0. The number of nitrogens with zero attached hydrogens (tertiary/aromatic N) is 5. The van der Waals surface area contributed by atoms with Gasteiger partial charge in [-0.3, -0.25) is 19.6 Å². The molecule has 6 heteroatoms. The number of hydrogen-bond acceptors (Lipinski definition) is 5. The van der Waals surface area contributed by atoms with E-state index in [4.69, 9.17) is 0 Å². The van der Waals surface area contributed by atoms with Gasteiger partial charge in [0.25, 0.3) is 5.56 Å². The van der Waals surface area contributed by atoms with Crippen LogP contribution in [0.25, 0.3) is 11.3 Å². The van der Waals surface area contributed by atoms with E-state index in [-0.39, 0.29) is 5.56 Å². The topological polar surface area (TPSA) is 54.3 Å². The molecule has 3 heterocycles. The molecule has 1 saturated carbocycles. The Hall–Kier alpha value is -2.05. The van der Waals surface area contributed by atoms with Crippen LogP contribution in [0.15, 0.2) is 41.5 Å². The zero-order valence-electron chi connectivity index (χ0n) is 16.0. The van der Waals surface area contributed by atoms with E-state index < -0.39 is 0 Å². The van der Waals surface area contributed by atoms with Gasteiger partial charge in [-0.25, -0.2) is 4.68 Å². The SMILES string of the molecule is O=c1ccc(-c2cccnc2)nn1CCN1CCN(C2CCCCC2)CC1. The first kappa shape index (κ1) is 18.3. The van der Waals surface area contributed by atoms with Crippen molar-refractivity contribution in [3.05, 3.63) is 47.0 Å². The standard InChI is InChI=1S/C21H29N5O/c27-21-9-8-20(18-5-4-10-22-17-18)23-26(21)16-13-24-11-14-25(15-12-24)19-6-2-1-3-7-19/h4-5,8-10,17,19H,1-3,6-7,11-16H2.